The fraction of sp³-hybridized carbons (Fsp3) is 0.875. The van der Waals surface area contributed by atoms with E-state index in [0.29, 0.717) is 17.0 Å². The summed E-state index contributed by atoms with van der Waals surface area (Å²) in [7, 11) is 0. The number of alkyl halides is 1. The minimum absolute atomic E-state index is 0.105. The third kappa shape index (κ3) is 4.66. The average molecular weight is 255 g/mol. The van der Waals surface area contributed by atoms with Gasteiger partial charge in [-0.3, -0.25) is 0 Å². The summed E-state index contributed by atoms with van der Waals surface area (Å²) in [5, 5.41) is 5.61. The van der Waals surface area contributed by atoms with Crippen molar-refractivity contribution in [3.63, 3.8) is 0 Å². The van der Waals surface area contributed by atoms with Gasteiger partial charge >= 0.3 is 6.03 Å². The lowest BCUT2D eigenvalue weighted by Crippen LogP contribution is -2.46. The van der Waals surface area contributed by atoms with Gasteiger partial charge in [-0.05, 0) is 6.92 Å². The van der Waals surface area contributed by atoms with Crippen LogP contribution >= 0.6 is 35.1 Å². The molecule has 14 heavy (non-hydrogen) atoms. The number of urea groups is 1. The van der Waals surface area contributed by atoms with Gasteiger partial charge in [0, 0.05) is 34.6 Å². The van der Waals surface area contributed by atoms with E-state index in [4.69, 9.17) is 11.6 Å². The molecule has 0 bridgehead atoms. The SMILES string of the molecule is CC1SCC(NC(=O)NCCCl)CS1. The Balaban J connectivity index is 2.14. The second-order valence-corrected chi connectivity index (χ2v) is 6.44. The summed E-state index contributed by atoms with van der Waals surface area (Å²) in [6.45, 7) is 2.72. The second-order valence-electron chi connectivity index (χ2n) is 3.02. The van der Waals surface area contributed by atoms with E-state index in [0.717, 1.165) is 11.5 Å². The van der Waals surface area contributed by atoms with Crippen molar-refractivity contribution in [2.24, 2.45) is 0 Å². The van der Waals surface area contributed by atoms with E-state index in [1.54, 1.807) is 0 Å². The van der Waals surface area contributed by atoms with Gasteiger partial charge in [-0.1, -0.05) is 0 Å². The molecular formula is C8H15ClN2OS2. The van der Waals surface area contributed by atoms with Gasteiger partial charge in [0.25, 0.3) is 0 Å². The number of amides is 2. The summed E-state index contributed by atoms with van der Waals surface area (Å²) in [4.78, 5) is 11.3. The van der Waals surface area contributed by atoms with E-state index in [2.05, 4.69) is 17.6 Å². The highest BCUT2D eigenvalue weighted by atomic mass is 35.5. The number of carbonyl (C=O) groups is 1. The van der Waals surface area contributed by atoms with Crippen LogP contribution in [0.3, 0.4) is 0 Å². The van der Waals surface area contributed by atoms with Gasteiger partial charge in [0.15, 0.2) is 0 Å². The molecule has 0 aliphatic carbocycles. The number of nitrogens with one attached hydrogen (secondary N) is 2. The second kappa shape index (κ2) is 6.69. The molecule has 0 radical (unpaired) electrons. The fourth-order valence-corrected chi connectivity index (χ4v) is 3.59. The Bertz CT molecular complexity index is 186. The zero-order chi connectivity index (χ0) is 10.4. The molecule has 0 saturated carbocycles. The highest BCUT2D eigenvalue weighted by molar-refractivity contribution is 8.17. The Morgan fingerprint density at radius 2 is 2.14 bits per heavy atom. The fourth-order valence-electron chi connectivity index (χ4n) is 1.08. The Morgan fingerprint density at radius 3 is 2.71 bits per heavy atom. The standard InChI is InChI=1S/C8H15ClN2OS2/c1-6-13-4-7(5-14-6)11-8(12)10-3-2-9/h6-7H,2-5H2,1H3,(H2,10,11,12). The number of hydrogen-bond acceptors (Lipinski definition) is 3. The molecule has 2 N–H and O–H groups in total. The first-order valence-electron chi connectivity index (χ1n) is 4.56. The van der Waals surface area contributed by atoms with Crippen molar-refractivity contribution in [1.29, 1.82) is 0 Å². The van der Waals surface area contributed by atoms with E-state index in [1.165, 1.54) is 0 Å². The lowest BCUT2D eigenvalue weighted by Gasteiger charge is -2.26. The molecule has 1 aliphatic heterocycles. The van der Waals surface area contributed by atoms with Gasteiger partial charge in [0.2, 0.25) is 0 Å². The van der Waals surface area contributed by atoms with Gasteiger partial charge < -0.3 is 10.6 Å². The molecule has 0 aromatic carbocycles. The molecule has 6 heteroatoms. The summed E-state index contributed by atoms with van der Waals surface area (Å²) in [5.41, 5.74) is 0. The van der Waals surface area contributed by atoms with Crippen molar-refractivity contribution in [1.82, 2.24) is 10.6 Å². The van der Waals surface area contributed by atoms with Crippen molar-refractivity contribution in [2.45, 2.75) is 17.5 Å². The van der Waals surface area contributed by atoms with E-state index in [1.807, 2.05) is 23.5 Å². The quantitative estimate of drug-likeness (QED) is 0.754. The third-order valence-corrected chi connectivity index (χ3v) is 4.91. The van der Waals surface area contributed by atoms with Crippen molar-refractivity contribution in [3.8, 4) is 0 Å². The maximum absolute atomic E-state index is 11.3. The molecule has 1 heterocycles. The number of carbonyl (C=O) groups excluding carboxylic acids is 1. The number of thioether (sulfide) groups is 2. The molecule has 3 nitrogen and oxygen atoms in total. The van der Waals surface area contributed by atoms with E-state index in [-0.39, 0.29) is 12.1 Å². The van der Waals surface area contributed by atoms with Crippen LogP contribution in [0.4, 0.5) is 4.79 Å². The van der Waals surface area contributed by atoms with Crippen molar-refractivity contribution < 1.29 is 4.79 Å². The zero-order valence-corrected chi connectivity index (χ0v) is 10.5. The lowest BCUT2D eigenvalue weighted by molar-refractivity contribution is 0.239. The molecule has 82 valence electrons. The summed E-state index contributed by atoms with van der Waals surface area (Å²) in [6, 6.07) is 0.183. The Hall–Kier alpha value is 0.260. The summed E-state index contributed by atoms with van der Waals surface area (Å²) < 4.78 is 0.652. The number of hydrogen-bond donors (Lipinski definition) is 2. The maximum atomic E-state index is 11.3. The third-order valence-electron chi connectivity index (χ3n) is 1.78. The summed E-state index contributed by atoms with van der Waals surface area (Å²) in [5.74, 6) is 2.46. The molecule has 0 aromatic rings. The molecule has 1 rings (SSSR count). The predicted octanol–water partition coefficient (Wildman–Crippen LogP) is 1.72. The first kappa shape index (κ1) is 12.3. The number of rotatable bonds is 3. The summed E-state index contributed by atoms with van der Waals surface area (Å²) in [6.07, 6.45) is 0. The van der Waals surface area contributed by atoms with Crippen LogP contribution in [0.1, 0.15) is 6.92 Å². The predicted molar refractivity (Wildman–Crippen MR) is 65.4 cm³/mol. The molecule has 0 unspecified atom stereocenters. The normalized spacial score (nSPS) is 27.0. The van der Waals surface area contributed by atoms with Gasteiger partial charge in [0.1, 0.15) is 0 Å². The van der Waals surface area contributed by atoms with Crippen molar-refractivity contribution >= 4 is 41.2 Å². The molecule has 1 saturated heterocycles. The zero-order valence-electron chi connectivity index (χ0n) is 8.09. The Kier molecular flexibility index (Phi) is 5.89. The van der Waals surface area contributed by atoms with Crippen LogP contribution < -0.4 is 10.6 Å². The lowest BCUT2D eigenvalue weighted by atomic mass is 10.4. The summed E-state index contributed by atoms with van der Waals surface area (Å²) >= 11 is 9.23. The van der Waals surface area contributed by atoms with Crippen LogP contribution in [0.25, 0.3) is 0 Å². The van der Waals surface area contributed by atoms with E-state index < -0.39 is 0 Å². The maximum Gasteiger partial charge on any atom is 0.315 e. The smallest absolute Gasteiger partial charge is 0.315 e. The average Bonchev–Trinajstić information content (AvgIpc) is 2.18. The molecule has 0 atom stereocenters. The topological polar surface area (TPSA) is 41.1 Å². The van der Waals surface area contributed by atoms with Crippen LogP contribution in [0.2, 0.25) is 0 Å². The van der Waals surface area contributed by atoms with Crippen molar-refractivity contribution in [2.75, 3.05) is 23.9 Å². The largest absolute Gasteiger partial charge is 0.337 e. The molecule has 1 aliphatic rings. The molecule has 0 aromatic heterocycles. The van der Waals surface area contributed by atoms with Crippen LogP contribution in [0.15, 0.2) is 0 Å². The first-order chi connectivity index (χ1) is 6.72. The molecule has 1 fully saturated rings. The van der Waals surface area contributed by atoms with Crippen LogP contribution in [-0.2, 0) is 0 Å². The Labute approximate surface area is 98.1 Å². The minimum atomic E-state index is -0.105. The monoisotopic (exact) mass is 254 g/mol. The van der Waals surface area contributed by atoms with Crippen molar-refractivity contribution in [3.05, 3.63) is 0 Å². The van der Waals surface area contributed by atoms with Gasteiger partial charge in [-0.2, -0.15) is 0 Å². The minimum Gasteiger partial charge on any atom is -0.337 e. The highest BCUT2D eigenvalue weighted by Crippen LogP contribution is 2.29. The van der Waals surface area contributed by atoms with Gasteiger partial charge in [-0.15, -0.1) is 35.1 Å². The molecule has 2 amide bonds. The van der Waals surface area contributed by atoms with Gasteiger partial charge in [0.05, 0.1) is 0 Å². The van der Waals surface area contributed by atoms with Crippen LogP contribution in [0.5, 0.6) is 0 Å². The van der Waals surface area contributed by atoms with E-state index >= 15 is 0 Å². The number of halogens is 1. The van der Waals surface area contributed by atoms with Gasteiger partial charge in [-0.25, -0.2) is 4.79 Å². The molecular weight excluding hydrogens is 240 g/mol. The van der Waals surface area contributed by atoms with Crippen LogP contribution in [0, 0.1) is 0 Å². The Morgan fingerprint density at radius 1 is 1.50 bits per heavy atom. The van der Waals surface area contributed by atoms with E-state index in [9.17, 15) is 4.79 Å². The van der Waals surface area contributed by atoms with Crippen LogP contribution in [-0.4, -0.2) is 40.6 Å². The highest BCUT2D eigenvalue weighted by Gasteiger charge is 2.20. The first-order valence-corrected chi connectivity index (χ1v) is 7.19. The molecule has 0 spiro atoms.